The van der Waals surface area contributed by atoms with Crippen LogP contribution in [0.4, 0.5) is 5.69 Å². The zero-order chi connectivity index (χ0) is 25.4. The van der Waals surface area contributed by atoms with Crippen LogP contribution in [0.1, 0.15) is 52.9 Å². The van der Waals surface area contributed by atoms with Crippen LogP contribution in [0.5, 0.6) is 5.75 Å². The second-order valence-corrected chi connectivity index (χ2v) is 10.3. The molecule has 1 aliphatic heterocycles. The minimum absolute atomic E-state index is 0.0124. The molecule has 2 fully saturated rings. The Morgan fingerprint density at radius 3 is 2.37 bits per heavy atom. The van der Waals surface area contributed by atoms with Crippen molar-refractivity contribution in [2.45, 2.75) is 59.0 Å². The largest absolute Gasteiger partial charge is 0.497 e. The number of nitrogens with zero attached hydrogens (tertiary/aromatic N) is 1. The maximum absolute atomic E-state index is 12.6. The number of hydrogen-bond acceptors (Lipinski definition) is 5. The van der Waals surface area contributed by atoms with E-state index in [9.17, 15) is 14.4 Å². The lowest BCUT2D eigenvalue weighted by atomic mass is 9.75. The molecular formula is C27H41N3O5. The Morgan fingerprint density at radius 2 is 1.74 bits per heavy atom. The highest BCUT2D eigenvalue weighted by atomic mass is 16.5. The molecule has 1 saturated heterocycles. The van der Waals surface area contributed by atoms with Crippen LogP contribution in [0.3, 0.4) is 0 Å². The molecule has 0 spiro atoms. The first kappa shape index (κ1) is 27.0. The molecular weight excluding hydrogens is 446 g/mol. The van der Waals surface area contributed by atoms with Gasteiger partial charge in [0.15, 0.2) is 0 Å². The molecule has 1 aromatic carbocycles. The third-order valence-corrected chi connectivity index (χ3v) is 7.40. The lowest BCUT2D eigenvalue weighted by Gasteiger charge is -2.37. The monoisotopic (exact) mass is 487 g/mol. The Morgan fingerprint density at radius 1 is 1.06 bits per heavy atom. The first-order valence-electron chi connectivity index (χ1n) is 12.9. The molecule has 1 aromatic rings. The highest BCUT2D eigenvalue weighted by Gasteiger charge is 2.32. The average Bonchev–Trinajstić information content (AvgIpc) is 2.86. The van der Waals surface area contributed by atoms with Gasteiger partial charge in [0.05, 0.1) is 19.8 Å². The van der Waals surface area contributed by atoms with Crippen LogP contribution in [0.15, 0.2) is 24.3 Å². The third-order valence-electron chi connectivity index (χ3n) is 7.40. The van der Waals surface area contributed by atoms with E-state index in [4.69, 9.17) is 9.47 Å². The predicted molar refractivity (Wildman–Crippen MR) is 135 cm³/mol. The number of hydrogen-bond donors (Lipinski definition) is 2. The van der Waals surface area contributed by atoms with E-state index in [-0.39, 0.29) is 42.9 Å². The molecule has 8 heteroatoms. The molecule has 0 aromatic heterocycles. The van der Waals surface area contributed by atoms with Crippen LogP contribution >= 0.6 is 0 Å². The van der Waals surface area contributed by atoms with Crippen LogP contribution < -0.4 is 15.4 Å². The summed E-state index contributed by atoms with van der Waals surface area (Å²) in [6, 6.07) is 7.21. The molecule has 3 atom stereocenters. The summed E-state index contributed by atoms with van der Waals surface area (Å²) in [6.45, 7) is 7.60. The fourth-order valence-corrected chi connectivity index (χ4v) is 5.14. The predicted octanol–water partition coefficient (Wildman–Crippen LogP) is 3.47. The normalized spacial score (nSPS) is 23.1. The van der Waals surface area contributed by atoms with Gasteiger partial charge in [-0.1, -0.05) is 27.2 Å². The SMILES string of the molecule is COc1ccc(NC(=O)C2CCN(C(=O)CNC(=O)CO[C@H]3C[C@@H](C)CC[C@@H]3C(C)C)CC2)cc1. The third kappa shape index (κ3) is 7.95. The van der Waals surface area contributed by atoms with Crippen molar-refractivity contribution in [1.29, 1.82) is 0 Å². The number of carbonyl (C=O) groups is 3. The number of amides is 3. The number of carbonyl (C=O) groups excluding carboxylic acids is 3. The summed E-state index contributed by atoms with van der Waals surface area (Å²) in [5.74, 6) is 1.78. The summed E-state index contributed by atoms with van der Waals surface area (Å²) >= 11 is 0. The molecule has 2 aliphatic rings. The Bertz CT molecular complexity index is 849. The highest BCUT2D eigenvalue weighted by Crippen LogP contribution is 2.35. The molecule has 1 heterocycles. The number of methoxy groups -OCH3 is 1. The van der Waals surface area contributed by atoms with Crippen molar-refractivity contribution < 1.29 is 23.9 Å². The summed E-state index contributed by atoms with van der Waals surface area (Å²) in [5.41, 5.74) is 0.724. The second kappa shape index (κ2) is 12.9. The van der Waals surface area contributed by atoms with Gasteiger partial charge >= 0.3 is 0 Å². The molecule has 0 radical (unpaired) electrons. The van der Waals surface area contributed by atoms with Crippen LogP contribution in [0, 0.1) is 23.7 Å². The van der Waals surface area contributed by atoms with Crippen LogP contribution in [0.25, 0.3) is 0 Å². The van der Waals surface area contributed by atoms with E-state index in [0.29, 0.717) is 43.7 Å². The number of likely N-dealkylation sites (tertiary alicyclic amines) is 1. The van der Waals surface area contributed by atoms with Crippen LogP contribution in [-0.2, 0) is 19.1 Å². The molecule has 8 nitrogen and oxygen atoms in total. The summed E-state index contributed by atoms with van der Waals surface area (Å²) in [4.78, 5) is 39.2. The average molecular weight is 488 g/mol. The van der Waals surface area contributed by atoms with E-state index in [1.54, 1.807) is 36.3 Å². The van der Waals surface area contributed by atoms with Gasteiger partial charge < -0.3 is 25.0 Å². The maximum atomic E-state index is 12.6. The Balaban J connectivity index is 1.35. The molecule has 35 heavy (non-hydrogen) atoms. The summed E-state index contributed by atoms with van der Waals surface area (Å²) in [6.07, 6.45) is 4.63. The number of nitrogens with one attached hydrogen (secondary N) is 2. The smallest absolute Gasteiger partial charge is 0.246 e. The lowest BCUT2D eigenvalue weighted by Crippen LogP contribution is -2.46. The molecule has 0 unspecified atom stereocenters. The van der Waals surface area contributed by atoms with Gasteiger partial charge in [0.25, 0.3) is 0 Å². The van der Waals surface area contributed by atoms with E-state index < -0.39 is 0 Å². The van der Waals surface area contributed by atoms with Gasteiger partial charge in [-0.15, -0.1) is 0 Å². The van der Waals surface area contributed by atoms with Crippen molar-refractivity contribution >= 4 is 23.4 Å². The summed E-state index contributed by atoms with van der Waals surface area (Å²) < 4.78 is 11.1. The van der Waals surface area contributed by atoms with Crippen molar-refractivity contribution in [2.75, 3.05) is 38.7 Å². The van der Waals surface area contributed by atoms with E-state index in [0.717, 1.165) is 24.3 Å². The van der Waals surface area contributed by atoms with Crippen molar-refractivity contribution in [2.24, 2.45) is 23.7 Å². The van der Waals surface area contributed by atoms with Gasteiger partial charge in [0.2, 0.25) is 17.7 Å². The Labute approximate surface area is 209 Å². The Hall–Kier alpha value is -2.61. The first-order chi connectivity index (χ1) is 16.8. The first-order valence-corrected chi connectivity index (χ1v) is 12.9. The fraction of sp³-hybridized carbons (Fsp3) is 0.667. The van der Waals surface area contributed by atoms with Crippen molar-refractivity contribution in [1.82, 2.24) is 10.2 Å². The zero-order valence-corrected chi connectivity index (χ0v) is 21.5. The van der Waals surface area contributed by atoms with Crippen LogP contribution in [-0.4, -0.2) is 62.1 Å². The van der Waals surface area contributed by atoms with Gasteiger partial charge in [-0.25, -0.2) is 0 Å². The quantitative estimate of drug-likeness (QED) is 0.556. The highest BCUT2D eigenvalue weighted by molar-refractivity contribution is 5.93. The van der Waals surface area contributed by atoms with Gasteiger partial charge in [-0.05, 0) is 67.7 Å². The van der Waals surface area contributed by atoms with Crippen molar-refractivity contribution in [3.05, 3.63) is 24.3 Å². The molecule has 1 saturated carbocycles. The zero-order valence-electron chi connectivity index (χ0n) is 21.5. The van der Waals surface area contributed by atoms with Crippen molar-refractivity contribution in [3.8, 4) is 5.75 Å². The molecule has 3 amide bonds. The maximum Gasteiger partial charge on any atom is 0.246 e. The van der Waals surface area contributed by atoms with E-state index in [1.165, 1.54) is 6.42 Å². The number of piperidine rings is 1. The van der Waals surface area contributed by atoms with Gasteiger partial charge in [-0.3, -0.25) is 14.4 Å². The van der Waals surface area contributed by atoms with Gasteiger partial charge in [0, 0.05) is 24.7 Å². The molecule has 1 aliphatic carbocycles. The number of anilines is 1. The molecule has 3 rings (SSSR count). The minimum atomic E-state index is -0.257. The summed E-state index contributed by atoms with van der Waals surface area (Å²) in [5, 5.41) is 5.64. The van der Waals surface area contributed by atoms with Crippen LogP contribution in [0.2, 0.25) is 0 Å². The second-order valence-electron chi connectivity index (χ2n) is 10.3. The Kier molecular flexibility index (Phi) is 9.95. The number of rotatable bonds is 9. The van der Waals surface area contributed by atoms with Crippen molar-refractivity contribution in [3.63, 3.8) is 0 Å². The number of ether oxygens (including phenoxy) is 2. The molecule has 0 bridgehead atoms. The molecule has 194 valence electrons. The standard InChI is InChI=1S/C27H41N3O5/c1-18(2)23-10-5-19(3)15-24(23)35-17-25(31)28-16-26(32)30-13-11-20(12-14-30)27(33)29-21-6-8-22(34-4)9-7-21/h6-9,18-20,23-24H,5,10-17H2,1-4H3,(H,28,31)(H,29,33)/t19-,23+,24-/m0/s1. The van der Waals surface area contributed by atoms with E-state index in [1.807, 2.05) is 0 Å². The lowest BCUT2D eigenvalue weighted by molar-refractivity contribution is -0.137. The van der Waals surface area contributed by atoms with Gasteiger partial charge in [-0.2, -0.15) is 0 Å². The summed E-state index contributed by atoms with van der Waals surface area (Å²) in [7, 11) is 1.60. The van der Waals surface area contributed by atoms with E-state index in [2.05, 4.69) is 31.4 Å². The van der Waals surface area contributed by atoms with Gasteiger partial charge in [0.1, 0.15) is 12.4 Å². The number of benzene rings is 1. The van der Waals surface area contributed by atoms with E-state index >= 15 is 0 Å². The molecule has 2 N–H and O–H groups in total. The fourth-order valence-electron chi connectivity index (χ4n) is 5.14. The topological polar surface area (TPSA) is 97.0 Å². The minimum Gasteiger partial charge on any atom is -0.497 e.